The third kappa shape index (κ3) is 6.40. The van der Waals surface area contributed by atoms with E-state index >= 15 is 0 Å². The van der Waals surface area contributed by atoms with Gasteiger partial charge in [-0.15, -0.1) is 0 Å². The van der Waals surface area contributed by atoms with E-state index in [1.54, 1.807) is 18.2 Å². The van der Waals surface area contributed by atoms with Crippen molar-refractivity contribution in [1.82, 2.24) is 19.9 Å². The van der Waals surface area contributed by atoms with E-state index in [1.165, 1.54) is 13.3 Å². The van der Waals surface area contributed by atoms with Gasteiger partial charge in [0.25, 0.3) is 11.8 Å². The second kappa shape index (κ2) is 10.3. The van der Waals surface area contributed by atoms with Crippen LogP contribution in [0.3, 0.4) is 0 Å². The van der Waals surface area contributed by atoms with Crippen molar-refractivity contribution in [3.8, 4) is 29.1 Å². The van der Waals surface area contributed by atoms with Crippen LogP contribution in [-0.2, 0) is 9.84 Å². The average molecular weight is 496 g/mol. The summed E-state index contributed by atoms with van der Waals surface area (Å²) >= 11 is 6.16. The zero-order chi connectivity index (χ0) is 24.0. The van der Waals surface area contributed by atoms with Crippen LogP contribution in [0.2, 0.25) is 5.02 Å². The van der Waals surface area contributed by atoms with Crippen molar-refractivity contribution in [2.45, 2.75) is 4.90 Å². The summed E-state index contributed by atoms with van der Waals surface area (Å²) in [5, 5.41) is 0.291. The number of hydrogen-bond donors (Lipinski definition) is 1. The Morgan fingerprint density at radius 2 is 1.76 bits per heavy atom. The lowest BCUT2D eigenvalue weighted by Crippen LogP contribution is -2.17. The summed E-state index contributed by atoms with van der Waals surface area (Å²) < 4.78 is 44.7. The smallest absolute Gasteiger partial charge is 0.316 e. The molecule has 0 spiro atoms. The molecule has 33 heavy (non-hydrogen) atoms. The lowest BCUT2D eigenvalue weighted by atomic mass is 10.3. The van der Waals surface area contributed by atoms with E-state index in [-0.39, 0.29) is 47.3 Å². The molecule has 0 saturated carbocycles. The minimum atomic E-state index is -3.42. The highest BCUT2D eigenvalue weighted by atomic mass is 35.5. The summed E-state index contributed by atoms with van der Waals surface area (Å²) in [5.74, 6) is -0.427. The number of benzene rings is 1. The summed E-state index contributed by atoms with van der Waals surface area (Å²) in [6.45, 7) is -0.0951. The van der Waals surface area contributed by atoms with Gasteiger partial charge in [-0.05, 0) is 12.1 Å². The Hall–Kier alpha value is -3.71. The molecule has 1 amide bonds. The van der Waals surface area contributed by atoms with Crippen molar-refractivity contribution in [1.29, 1.82) is 0 Å². The van der Waals surface area contributed by atoms with E-state index in [2.05, 4.69) is 19.9 Å². The SMILES string of the molecule is COc1ccc(Cl)c(Oc2cnc(C(N)=O)nc2OCCOc2ncc(S(C)(=O)=O)cn2)c1. The lowest BCUT2D eigenvalue weighted by Gasteiger charge is -2.13. The minimum absolute atomic E-state index is 0.0342. The van der Waals surface area contributed by atoms with Gasteiger partial charge in [0.15, 0.2) is 9.84 Å². The highest BCUT2D eigenvalue weighted by Gasteiger charge is 2.16. The third-order valence-corrected chi connectivity index (χ3v) is 5.27. The molecule has 174 valence electrons. The molecule has 14 heteroatoms. The number of amides is 1. The topological polar surface area (TPSA) is 166 Å². The van der Waals surface area contributed by atoms with Crippen molar-refractivity contribution in [3.63, 3.8) is 0 Å². The van der Waals surface area contributed by atoms with E-state index in [1.807, 2.05) is 0 Å². The number of primary amides is 1. The van der Waals surface area contributed by atoms with E-state index in [9.17, 15) is 13.2 Å². The molecule has 2 heterocycles. The molecule has 0 aliphatic rings. The minimum Gasteiger partial charge on any atom is -0.497 e. The van der Waals surface area contributed by atoms with Gasteiger partial charge in [-0.25, -0.2) is 23.4 Å². The largest absolute Gasteiger partial charge is 0.497 e. The average Bonchev–Trinajstić information content (AvgIpc) is 2.78. The number of ether oxygens (including phenoxy) is 4. The molecular weight excluding hydrogens is 478 g/mol. The van der Waals surface area contributed by atoms with Gasteiger partial charge in [0.1, 0.15) is 29.6 Å². The monoisotopic (exact) mass is 495 g/mol. The van der Waals surface area contributed by atoms with Gasteiger partial charge in [0.2, 0.25) is 11.6 Å². The number of nitrogens with two attached hydrogens (primary N) is 1. The zero-order valence-electron chi connectivity index (χ0n) is 17.4. The number of sulfone groups is 1. The first-order valence-electron chi connectivity index (χ1n) is 9.13. The van der Waals surface area contributed by atoms with Crippen LogP contribution in [0.1, 0.15) is 10.6 Å². The van der Waals surface area contributed by atoms with Crippen LogP contribution in [0, 0.1) is 0 Å². The molecule has 1 aromatic carbocycles. The summed E-state index contributed by atoms with van der Waals surface area (Å²) in [4.78, 5) is 26.9. The van der Waals surface area contributed by atoms with Gasteiger partial charge in [0.05, 0.1) is 30.7 Å². The van der Waals surface area contributed by atoms with Gasteiger partial charge in [0, 0.05) is 12.3 Å². The number of halogens is 1. The summed E-state index contributed by atoms with van der Waals surface area (Å²) in [5.41, 5.74) is 5.24. The first kappa shape index (κ1) is 23.9. The molecule has 0 aliphatic carbocycles. The van der Waals surface area contributed by atoms with Gasteiger partial charge < -0.3 is 24.7 Å². The van der Waals surface area contributed by atoms with Crippen LogP contribution in [0.4, 0.5) is 0 Å². The maximum atomic E-state index is 11.5. The lowest BCUT2D eigenvalue weighted by molar-refractivity contribution is 0.0988. The van der Waals surface area contributed by atoms with Crippen molar-refractivity contribution in [2.75, 3.05) is 26.6 Å². The molecule has 0 aliphatic heterocycles. The summed E-state index contributed by atoms with van der Waals surface area (Å²) in [6.07, 6.45) is 4.52. The highest BCUT2D eigenvalue weighted by Crippen LogP contribution is 2.35. The van der Waals surface area contributed by atoms with Crippen LogP contribution < -0.4 is 24.7 Å². The Balaban J connectivity index is 1.71. The van der Waals surface area contributed by atoms with E-state index in [0.29, 0.717) is 10.8 Å². The van der Waals surface area contributed by atoms with Crippen LogP contribution in [0.15, 0.2) is 41.7 Å². The van der Waals surface area contributed by atoms with Crippen LogP contribution in [0.5, 0.6) is 29.1 Å². The Labute approximate surface area is 193 Å². The number of carbonyl (C=O) groups excluding carboxylic acids is 1. The Morgan fingerprint density at radius 3 is 2.39 bits per heavy atom. The standard InChI is InChI=1S/C19H18ClN5O7S/c1-29-11-3-4-13(20)14(7-11)32-15-10-22-17(16(21)26)25-18(15)30-5-6-31-19-23-8-12(9-24-19)33(2,27)28/h3-4,7-10H,5-6H2,1-2H3,(H2,21,26). The molecule has 0 radical (unpaired) electrons. The number of aromatic nitrogens is 4. The Morgan fingerprint density at radius 1 is 1.06 bits per heavy atom. The number of hydrogen-bond acceptors (Lipinski definition) is 11. The number of methoxy groups -OCH3 is 1. The maximum absolute atomic E-state index is 11.5. The van der Waals surface area contributed by atoms with Gasteiger partial charge in [-0.2, -0.15) is 4.98 Å². The molecular formula is C19H18ClN5O7S. The van der Waals surface area contributed by atoms with Gasteiger partial charge in [-0.1, -0.05) is 11.6 Å². The Bertz CT molecular complexity index is 1260. The highest BCUT2D eigenvalue weighted by molar-refractivity contribution is 7.90. The molecule has 0 unspecified atom stereocenters. The van der Waals surface area contributed by atoms with Crippen LogP contribution in [-0.4, -0.2) is 60.8 Å². The van der Waals surface area contributed by atoms with Crippen molar-refractivity contribution in [3.05, 3.63) is 47.6 Å². The molecule has 3 aromatic rings. The van der Waals surface area contributed by atoms with Gasteiger partial charge in [-0.3, -0.25) is 4.79 Å². The molecule has 2 aromatic heterocycles. The second-order valence-corrected chi connectivity index (χ2v) is 8.72. The van der Waals surface area contributed by atoms with Crippen LogP contribution in [0.25, 0.3) is 0 Å². The van der Waals surface area contributed by atoms with Crippen molar-refractivity contribution >= 4 is 27.3 Å². The van der Waals surface area contributed by atoms with Crippen molar-refractivity contribution in [2.24, 2.45) is 5.73 Å². The molecule has 12 nitrogen and oxygen atoms in total. The summed E-state index contributed by atoms with van der Waals surface area (Å²) in [7, 11) is -1.93. The first-order valence-corrected chi connectivity index (χ1v) is 11.4. The predicted octanol–water partition coefficient (Wildman–Crippen LogP) is 1.68. The fraction of sp³-hybridized carbons (Fsp3) is 0.211. The quantitative estimate of drug-likeness (QED) is 0.406. The molecule has 2 N–H and O–H groups in total. The first-order chi connectivity index (χ1) is 15.7. The van der Waals surface area contributed by atoms with Crippen molar-refractivity contribution < 1.29 is 32.2 Å². The molecule has 0 atom stereocenters. The third-order valence-electron chi connectivity index (χ3n) is 3.89. The number of nitrogens with zero attached hydrogens (tertiary/aromatic N) is 4. The van der Waals surface area contributed by atoms with E-state index < -0.39 is 15.7 Å². The van der Waals surface area contributed by atoms with E-state index in [4.69, 9.17) is 36.3 Å². The predicted molar refractivity (Wildman–Crippen MR) is 115 cm³/mol. The summed E-state index contributed by atoms with van der Waals surface area (Å²) in [6, 6.07) is 4.74. The van der Waals surface area contributed by atoms with Gasteiger partial charge >= 0.3 is 6.01 Å². The molecule has 0 saturated heterocycles. The zero-order valence-corrected chi connectivity index (χ0v) is 19.0. The Kier molecular flexibility index (Phi) is 7.45. The van der Waals surface area contributed by atoms with Crippen LogP contribution >= 0.6 is 11.6 Å². The number of carbonyl (C=O) groups is 1. The molecule has 0 bridgehead atoms. The normalized spacial score (nSPS) is 11.0. The fourth-order valence-corrected chi connectivity index (χ4v) is 2.94. The molecule has 3 rings (SSSR count). The second-order valence-electron chi connectivity index (χ2n) is 6.30. The molecule has 0 fully saturated rings. The maximum Gasteiger partial charge on any atom is 0.316 e. The fourth-order valence-electron chi connectivity index (χ4n) is 2.30. The van der Waals surface area contributed by atoms with E-state index in [0.717, 1.165) is 18.6 Å². The number of rotatable bonds is 10.